The Morgan fingerprint density at radius 3 is 2.47 bits per heavy atom. The molecule has 0 bridgehead atoms. The van der Waals surface area contributed by atoms with Gasteiger partial charge < -0.3 is 5.11 Å². The molecule has 5 heteroatoms. The molecule has 15 heavy (non-hydrogen) atoms. The maximum Gasteiger partial charge on any atom is 0.307 e. The van der Waals surface area contributed by atoms with Crippen molar-refractivity contribution in [1.82, 2.24) is 0 Å². The number of nitro groups is 1. The number of benzene rings is 1. The van der Waals surface area contributed by atoms with Crippen molar-refractivity contribution in [1.29, 1.82) is 0 Å². The lowest BCUT2D eigenvalue weighted by atomic mass is 10.2. The third-order valence-corrected chi connectivity index (χ3v) is 1.71. The Morgan fingerprint density at radius 2 is 2.00 bits per heavy atom. The van der Waals surface area contributed by atoms with Crippen molar-refractivity contribution in [3.8, 4) is 0 Å². The number of carbonyl (C=O) groups is 1. The maximum atomic E-state index is 10.3. The number of carboxylic acids is 1. The number of aliphatic carboxylic acids is 1. The summed E-state index contributed by atoms with van der Waals surface area (Å²) in [6.07, 6.45) is 3.04. The van der Waals surface area contributed by atoms with E-state index in [4.69, 9.17) is 5.11 Å². The van der Waals surface area contributed by atoms with Crippen LogP contribution in [0.5, 0.6) is 0 Å². The van der Waals surface area contributed by atoms with Crippen LogP contribution in [0.15, 0.2) is 30.3 Å². The Labute approximate surface area is 85.8 Å². The minimum absolute atomic E-state index is 0.0189. The van der Waals surface area contributed by atoms with Crippen molar-refractivity contribution in [2.75, 3.05) is 0 Å². The van der Waals surface area contributed by atoms with E-state index in [0.29, 0.717) is 0 Å². The number of non-ortho nitro benzene ring substituents is 1. The standard InChI is InChI=1S/C10H9NO4/c12-10(13)3-1-2-8-4-6-9(7-5-8)11(14)15/h1-2,4-7H,3H2,(H,12,13)/b2-1+. The molecule has 0 aliphatic rings. The van der Waals surface area contributed by atoms with E-state index in [1.807, 2.05) is 0 Å². The van der Waals surface area contributed by atoms with E-state index in [9.17, 15) is 14.9 Å². The second-order valence-corrected chi connectivity index (χ2v) is 2.85. The summed E-state index contributed by atoms with van der Waals surface area (Å²) in [6, 6.07) is 5.88. The summed E-state index contributed by atoms with van der Waals surface area (Å²) in [5, 5.41) is 18.7. The lowest BCUT2D eigenvalue weighted by Gasteiger charge is -1.93. The summed E-state index contributed by atoms with van der Waals surface area (Å²) in [4.78, 5) is 20.0. The molecule has 0 unspecified atom stereocenters. The van der Waals surface area contributed by atoms with E-state index in [-0.39, 0.29) is 12.1 Å². The summed E-state index contributed by atoms with van der Waals surface area (Å²) in [6.45, 7) is 0. The monoisotopic (exact) mass is 207 g/mol. The first-order valence-corrected chi connectivity index (χ1v) is 4.22. The number of nitro benzene ring substituents is 1. The zero-order valence-electron chi connectivity index (χ0n) is 7.79. The molecule has 0 heterocycles. The van der Waals surface area contributed by atoms with Crippen molar-refractivity contribution < 1.29 is 14.8 Å². The second-order valence-electron chi connectivity index (χ2n) is 2.85. The molecule has 0 fully saturated rings. The molecule has 1 aromatic rings. The molecule has 0 amide bonds. The van der Waals surface area contributed by atoms with Crippen molar-refractivity contribution in [2.24, 2.45) is 0 Å². The van der Waals surface area contributed by atoms with Crippen LogP contribution in [0.25, 0.3) is 6.08 Å². The van der Waals surface area contributed by atoms with Gasteiger partial charge >= 0.3 is 5.97 Å². The second kappa shape index (κ2) is 4.90. The third kappa shape index (κ3) is 3.60. The van der Waals surface area contributed by atoms with Gasteiger partial charge in [-0.15, -0.1) is 0 Å². The summed E-state index contributed by atoms with van der Waals surface area (Å²) >= 11 is 0. The molecule has 0 aliphatic carbocycles. The molecule has 78 valence electrons. The summed E-state index contributed by atoms with van der Waals surface area (Å²) in [5.41, 5.74) is 0.757. The molecule has 1 aromatic carbocycles. The van der Waals surface area contributed by atoms with Crippen LogP contribution in [0.2, 0.25) is 0 Å². The van der Waals surface area contributed by atoms with Gasteiger partial charge in [0.15, 0.2) is 0 Å². The van der Waals surface area contributed by atoms with Crippen LogP contribution in [-0.2, 0) is 4.79 Å². The molecule has 0 aliphatic heterocycles. The SMILES string of the molecule is O=C(O)C/C=C/c1ccc([N+](=O)[O-])cc1. The van der Waals surface area contributed by atoms with Gasteiger partial charge in [-0.05, 0) is 17.7 Å². The Hall–Kier alpha value is -2.17. The Morgan fingerprint density at radius 1 is 1.40 bits per heavy atom. The van der Waals surface area contributed by atoms with Crippen LogP contribution >= 0.6 is 0 Å². The van der Waals surface area contributed by atoms with E-state index in [2.05, 4.69) is 0 Å². The molecule has 5 nitrogen and oxygen atoms in total. The van der Waals surface area contributed by atoms with E-state index >= 15 is 0 Å². The fourth-order valence-electron chi connectivity index (χ4n) is 1.00. The topological polar surface area (TPSA) is 80.4 Å². The summed E-state index contributed by atoms with van der Waals surface area (Å²) in [7, 11) is 0. The van der Waals surface area contributed by atoms with Gasteiger partial charge in [0.1, 0.15) is 0 Å². The fraction of sp³-hybridized carbons (Fsp3) is 0.100. The van der Waals surface area contributed by atoms with Crippen LogP contribution in [-0.4, -0.2) is 16.0 Å². The minimum atomic E-state index is -0.909. The first kappa shape index (κ1) is 10.9. The predicted octanol–water partition coefficient (Wildman–Crippen LogP) is 2.08. The minimum Gasteiger partial charge on any atom is -0.481 e. The number of hydrogen-bond donors (Lipinski definition) is 1. The molecule has 0 spiro atoms. The molecular formula is C10H9NO4. The van der Waals surface area contributed by atoms with Crippen molar-refractivity contribution in [3.05, 3.63) is 46.0 Å². The number of rotatable bonds is 4. The first-order chi connectivity index (χ1) is 7.09. The molecule has 1 rings (SSSR count). The molecule has 0 saturated heterocycles. The highest BCUT2D eigenvalue weighted by atomic mass is 16.6. The van der Waals surface area contributed by atoms with Crippen LogP contribution in [0.3, 0.4) is 0 Å². The molecular weight excluding hydrogens is 198 g/mol. The van der Waals surface area contributed by atoms with Crippen LogP contribution in [0.1, 0.15) is 12.0 Å². The van der Waals surface area contributed by atoms with E-state index in [0.717, 1.165) is 5.56 Å². The average Bonchev–Trinajstić information content (AvgIpc) is 2.18. The van der Waals surface area contributed by atoms with Gasteiger partial charge in [-0.1, -0.05) is 12.2 Å². The largest absolute Gasteiger partial charge is 0.481 e. The van der Waals surface area contributed by atoms with E-state index in [1.165, 1.54) is 18.2 Å². The normalized spacial score (nSPS) is 10.4. The lowest BCUT2D eigenvalue weighted by molar-refractivity contribution is -0.384. The lowest BCUT2D eigenvalue weighted by Crippen LogP contribution is -1.89. The van der Waals surface area contributed by atoms with Crippen molar-refractivity contribution >= 4 is 17.7 Å². The molecule has 0 aromatic heterocycles. The van der Waals surface area contributed by atoms with Crippen LogP contribution in [0, 0.1) is 10.1 Å². The number of nitrogens with zero attached hydrogens (tertiary/aromatic N) is 1. The van der Waals surface area contributed by atoms with Crippen LogP contribution < -0.4 is 0 Å². The summed E-state index contributed by atoms with van der Waals surface area (Å²) < 4.78 is 0. The Kier molecular flexibility index (Phi) is 3.56. The average molecular weight is 207 g/mol. The zero-order valence-corrected chi connectivity index (χ0v) is 7.79. The highest BCUT2D eigenvalue weighted by Gasteiger charge is 2.01. The number of hydrogen-bond acceptors (Lipinski definition) is 3. The highest BCUT2D eigenvalue weighted by molar-refractivity contribution is 5.70. The van der Waals surface area contributed by atoms with Gasteiger partial charge in [-0.3, -0.25) is 14.9 Å². The van der Waals surface area contributed by atoms with Crippen molar-refractivity contribution in [3.63, 3.8) is 0 Å². The molecule has 0 radical (unpaired) electrons. The summed E-state index contributed by atoms with van der Waals surface area (Å²) in [5.74, 6) is -0.909. The molecule has 0 saturated carbocycles. The Bertz CT molecular complexity index is 394. The quantitative estimate of drug-likeness (QED) is 0.605. The highest BCUT2D eigenvalue weighted by Crippen LogP contribution is 2.12. The molecule has 0 atom stereocenters. The van der Waals surface area contributed by atoms with E-state index < -0.39 is 10.9 Å². The maximum absolute atomic E-state index is 10.3. The van der Waals surface area contributed by atoms with Gasteiger partial charge in [-0.2, -0.15) is 0 Å². The van der Waals surface area contributed by atoms with Gasteiger partial charge in [0, 0.05) is 12.1 Å². The van der Waals surface area contributed by atoms with E-state index in [1.54, 1.807) is 18.2 Å². The molecule has 1 N–H and O–H groups in total. The third-order valence-electron chi connectivity index (χ3n) is 1.71. The predicted molar refractivity (Wildman–Crippen MR) is 54.4 cm³/mol. The van der Waals surface area contributed by atoms with Crippen molar-refractivity contribution in [2.45, 2.75) is 6.42 Å². The van der Waals surface area contributed by atoms with Gasteiger partial charge in [0.25, 0.3) is 5.69 Å². The van der Waals surface area contributed by atoms with Gasteiger partial charge in [-0.25, -0.2) is 0 Å². The van der Waals surface area contributed by atoms with Gasteiger partial charge in [0.05, 0.1) is 11.3 Å². The smallest absolute Gasteiger partial charge is 0.307 e. The number of carboxylic acid groups (broad SMARTS) is 1. The van der Waals surface area contributed by atoms with Gasteiger partial charge in [0.2, 0.25) is 0 Å². The zero-order chi connectivity index (χ0) is 11.3. The fourth-order valence-corrected chi connectivity index (χ4v) is 1.00. The van der Waals surface area contributed by atoms with Crippen LogP contribution in [0.4, 0.5) is 5.69 Å². The Balaban J connectivity index is 2.68. The first-order valence-electron chi connectivity index (χ1n) is 4.22.